The molecule has 2 unspecified atom stereocenters. The molecule has 0 aliphatic heterocycles. The number of methoxy groups -OCH3 is 1. The molecule has 0 saturated heterocycles. The van der Waals surface area contributed by atoms with Crippen molar-refractivity contribution in [3.8, 4) is 0 Å². The van der Waals surface area contributed by atoms with Crippen molar-refractivity contribution in [3.63, 3.8) is 0 Å². The van der Waals surface area contributed by atoms with Crippen LogP contribution < -0.4 is 5.32 Å². The van der Waals surface area contributed by atoms with E-state index >= 15 is 0 Å². The van der Waals surface area contributed by atoms with Crippen molar-refractivity contribution in [2.75, 3.05) is 14.2 Å². The number of aryl methyl sites for hydroxylation is 1. The van der Waals surface area contributed by atoms with Gasteiger partial charge in [0.05, 0.1) is 7.11 Å². The molecule has 1 aliphatic carbocycles. The highest BCUT2D eigenvalue weighted by molar-refractivity contribution is 8.01. The first-order valence-corrected chi connectivity index (χ1v) is 7.71. The summed E-state index contributed by atoms with van der Waals surface area (Å²) >= 11 is 3.45. The van der Waals surface area contributed by atoms with Gasteiger partial charge in [-0.3, -0.25) is 4.79 Å². The predicted molar refractivity (Wildman–Crippen MR) is 74.2 cm³/mol. The summed E-state index contributed by atoms with van der Waals surface area (Å²) in [5, 5.41) is 5.64. The van der Waals surface area contributed by atoms with Gasteiger partial charge in [-0.2, -0.15) is 0 Å². The van der Waals surface area contributed by atoms with Crippen LogP contribution >= 0.6 is 23.1 Å². The van der Waals surface area contributed by atoms with Gasteiger partial charge in [-0.1, -0.05) is 11.8 Å². The Balaban J connectivity index is 2.01. The van der Waals surface area contributed by atoms with Crippen LogP contribution in [-0.2, 0) is 9.53 Å². The average Bonchev–Trinajstić information content (AvgIpc) is 2.96. The van der Waals surface area contributed by atoms with Gasteiger partial charge in [-0.15, -0.1) is 11.3 Å². The van der Waals surface area contributed by atoms with Gasteiger partial charge in [-0.25, -0.2) is 4.98 Å². The van der Waals surface area contributed by atoms with Gasteiger partial charge >= 0.3 is 5.97 Å². The van der Waals surface area contributed by atoms with Gasteiger partial charge in [0, 0.05) is 16.3 Å². The maximum absolute atomic E-state index is 11.9. The van der Waals surface area contributed by atoms with Crippen molar-refractivity contribution < 1.29 is 9.53 Å². The molecule has 0 radical (unpaired) electrons. The molecule has 1 aromatic rings. The molecule has 1 fully saturated rings. The Hall–Kier alpha value is -0.590. The number of nitrogens with zero attached hydrogens (tertiary/aromatic N) is 1. The molecule has 1 N–H and O–H groups in total. The number of carbonyl (C=O) groups excluding carboxylic acids is 1. The highest BCUT2D eigenvalue weighted by atomic mass is 32.2. The summed E-state index contributed by atoms with van der Waals surface area (Å²) in [5.74, 6) is -0.150. The smallest absolute Gasteiger partial charge is 0.326 e. The second kappa shape index (κ2) is 5.59. The quantitative estimate of drug-likeness (QED) is 0.860. The zero-order valence-corrected chi connectivity index (χ0v) is 12.5. The van der Waals surface area contributed by atoms with Gasteiger partial charge in [0.2, 0.25) is 0 Å². The summed E-state index contributed by atoms with van der Waals surface area (Å²) in [4.78, 5) is 16.3. The number of esters is 1. The molecule has 2 atom stereocenters. The van der Waals surface area contributed by atoms with E-state index in [2.05, 4.69) is 15.7 Å². The van der Waals surface area contributed by atoms with Crippen LogP contribution in [0.1, 0.15) is 25.0 Å². The van der Waals surface area contributed by atoms with Crippen LogP contribution in [0.2, 0.25) is 0 Å². The summed E-state index contributed by atoms with van der Waals surface area (Å²) in [6.45, 7) is 2.00. The Morgan fingerprint density at radius 3 is 3.06 bits per heavy atom. The SMILES string of the molecule is CNC1(C(=O)OC)CCC(Sc2nc(C)cs2)C1. The van der Waals surface area contributed by atoms with Crippen molar-refractivity contribution >= 4 is 29.1 Å². The Morgan fingerprint density at radius 1 is 1.72 bits per heavy atom. The minimum Gasteiger partial charge on any atom is -0.468 e. The number of rotatable bonds is 4. The highest BCUT2D eigenvalue weighted by Crippen LogP contribution is 2.41. The van der Waals surface area contributed by atoms with Crippen LogP contribution in [0.4, 0.5) is 0 Å². The topological polar surface area (TPSA) is 51.2 Å². The standard InChI is InChI=1S/C12H18N2O2S2/c1-8-7-17-11(14-8)18-9-4-5-12(6-9,13-2)10(15)16-3/h7,9,13H,4-6H2,1-3H3. The van der Waals surface area contributed by atoms with E-state index in [0.29, 0.717) is 5.25 Å². The minimum atomic E-state index is -0.501. The van der Waals surface area contributed by atoms with Gasteiger partial charge in [0.1, 0.15) is 9.88 Å². The molecular weight excluding hydrogens is 268 g/mol. The molecule has 6 heteroatoms. The normalized spacial score (nSPS) is 27.4. The van der Waals surface area contributed by atoms with E-state index in [4.69, 9.17) is 4.74 Å². The van der Waals surface area contributed by atoms with Crippen LogP contribution in [-0.4, -0.2) is 35.9 Å². The fourth-order valence-electron chi connectivity index (χ4n) is 2.34. The number of thiazole rings is 1. The Kier molecular flexibility index (Phi) is 4.29. The van der Waals surface area contributed by atoms with Crippen LogP contribution in [0.3, 0.4) is 0 Å². The molecular formula is C12H18N2O2S2. The summed E-state index contributed by atoms with van der Waals surface area (Å²) in [7, 11) is 3.28. The van der Waals surface area contributed by atoms with Crippen molar-refractivity contribution in [2.24, 2.45) is 0 Å². The van der Waals surface area contributed by atoms with Crippen LogP contribution in [0, 0.1) is 6.92 Å². The van der Waals surface area contributed by atoms with E-state index < -0.39 is 5.54 Å². The third kappa shape index (κ3) is 2.70. The summed E-state index contributed by atoms with van der Waals surface area (Å²) < 4.78 is 6.00. The molecule has 1 aliphatic rings. The van der Waals surface area contributed by atoms with Crippen LogP contribution in [0.25, 0.3) is 0 Å². The molecule has 18 heavy (non-hydrogen) atoms. The molecule has 0 amide bonds. The Bertz CT molecular complexity index is 435. The molecule has 1 saturated carbocycles. The maximum atomic E-state index is 11.9. The van der Waals surface area contributed by atoms with E-state index in [-0.39, 0.29) is 5.97 Å². The van der Waals surface area contributed by atoms with E-state index in [0.717, 1.165) is 29.3 Å². The van der Waals surface area contributed by atoms with Crippen LogP contribution in [0.5, 0.6) is 0 Å². The van der Waals surface area contributed by atoms with Crippen molar-refractivity contribution in [1.82, 2.24) is 10.3 Å². The lowest BCUT2D eigenvalue weighted by Crippen LogP contribution is -2.49. The third-order valence-corrected chi connectivity index (χ3v) is 5.75. The van der Waals surface area contributed by atoms with E-state index in [9.17, 15) is 4.79 Å². The predicted octanol–water partition coefficient (Wildman–Crippen LogP) is 2.23. The van der Waals surface area contributed by atoms with E-state index in [1.165, 1.54) is 7.11 Å². The molecule has 1 aromatic heterocycles. The van der Waals surface area contributed by atoms with Gasteiger partial charge < -0.3 is 10.1 Å². The molecule has 2 rings (SSSR count). The third-order valence-electron chi connectivity index (χ3n) is 3.39. The van der Waals surface area contributed by atoms with Gasteiger partial charge in [0.25, 0.3) is 0 Å². The van der Waals surface area contributed by atoms with Crippen molar-refractivity contribution in [3.05, 3.63) is 11.1 Å². The fourth-order valence-corrected chi connectivity index (χ4v) is 4.72. The largest absolute Gasteiger partial charge is 0.468 e. The van der Waals surface area contributed by atoms with Crippen LogP contribution in [0.15, 0.2) is 9.72 Å². The number of carbonyl (C=O) groups is 1. The lowest BCUT2D eigenvalue weighted by Gasteiger charge is -2.25. The molecule has 100 valence electrons. The first kappa shape index (κ1) is 13.8. The lowest BCUT2D eigenvalue weighted by molar-refractivity contribution is -0.148. The van der Waals surface area contributed by atoms with Gasteiger partial charge in [-0.05, 0) is 33.2 Å². The number of hydrogen-bond acceptors (Lipinski definition) is 6. The fraction of sp³-hybridized carbons (Fsp3) is 0.667. The number of aromatic nitrogens is 1. The zero-order valence-electron chi connectivity index (χ0n) is 10.9. The molecule has 0 bridgehead atoms. The molecule has 4 nitrogen and oxygen atoms in total. The zero-order chi connectivity index (χ0) is 13.2. The van der Waals surface area contributed by atoms with Crippen molar-refractivity contribution in [2.45, 2.75) is 41.3 Å². The second-order valence-electron chi connectivity index (χ2n) is 4.56. The Morgan fingerprint density at radius 2 is 2.50 bits per heavy atom. The summed E-state index contributed by atoms with van der Waals surface area (Å²) in [6, 6.07) is 0. The first-order chi connectivity index (χ1) is 8.59. The van der Waals surface area contributed by atoms with Gasteiger partial charge in [0.15, 0.2) is 0 Å². The van der Waals surface area contributed by atoms with E-state index in [1.54, 1.807) is 23.1 Å². The Labute approximate surface area is 116 Å². The average molecular weight is 286 g/mol. The second-order valence-corrected chi connectivity index (χ2v) is 6.97. The molecule has 1 heterocycles. The highest BCUT2D eigenvalue weighted by Gasteiger charge is 2.45. The first-order valence-electron chi connectivity index (χ1n) is 5.96. The number of hydrogen-bond donors (Lipinski definition) is 1. The van der Waals surface area contributed by atoms with E-state index in [1.807, 2.05) is 14.0 Å². The number of ether oxygens (including phenoxy) is 1. The lowest BCUT2D eigenvalue weighted by atomic mass is 9.98. The maximum Gasteiger partial charge on any atom is 0.326 e. The minimum absolute atomic E-state index is 0.150. The summed E-state index contributed by atoms with van der Waals surface area (Å²) in [5.41, 5.74) is 0.562. The number of thioether (sulfide) groups is 1. The molecule has 0 aromatic carbocycles. The summed E-state index contributed by atoms with van der Waals surface area (Å²) in [6.07, 6.45) is 2.65. The van der Waals surface area contributed by atoms with Crippen molar-refractivity contribution in [1.29, 1.82) is 0 Å². The number of likely N-dealkylation sites (N-methyl/N-ethyl adjacent to an activating group) is 1. The number of nitrogens with one attached hydrogen (secondary N) is 1. The molecule has 0 spiro atoms. The monoisotopic (exact) mass is 286 g/mol.